The number of amides is 1. The van der Waals surface area contributed by atoms with E-state index in [0.29, 0.717) is 28.6 Å². The van der Waals surface area contributed by atoms with Crippen LogP contribution in [-0.2, 0) is 0 Å². The van der Waals surface area contributed by atoms with Crippen LogP contribution in [0.25, 0.3) is 0 Å². The number of carbonyl (C=O) groups excluding carboxylic acids is 1. The molecular formula is C17H16ClNO4. The summed E-state index contributed by atoms with van der Waals surface area (Å²) in [7, 11) is 0. The number of anilines is 1. The Morgan fingerprint density at radius 2 is 1.78 bits per heavy atom. The van der Waals surface area contributed by atoms with Crippen molar-refractivity contribution in [2.24, 2.45) is 0 Å². The fourth-order valence-electron chi connectivity index (χ4n) is 1.89. The zero-order valence-electron chi connectivity index (χ0n) is 12.5. The van der Waals surface area contributed by atoms with Crippen molar-refractivity contribution >= 4 is 29.2 Å². The monoisotopic (exact) mass is 333 g/mol. The number of hydrogen-bond acceptors (Lipinski definition) is 3. The molecule has 0 aliphatic carbocycles. The van der Waals surface area contributed by atoms with Gasteiger partial charge in [-0.2, -0.15) is 0 Å². The van der Waals surface area contributed by atoms with Crippen molar-refractivity contribution in [1.82, 2.24) is 0 Å². The van der Waals surface area contributed by atoms with Crippen LogP contribution in [0, 0.1) is 0 Å². The number of hydrogen-bond donors (Lipinski definition) is 2. The lowest BCUT2D eigenvalue weighted by Crippen LogP contribution is -2.13. The molecule has 0 aliphatic rings. The predicted molar refractivity (Wildman–Crippen MR) is 88.6 cm³/mol. The molecule has 0 radical (unpaired) electrons. The molecule has 0 fully saturated rings. The van der Waals surface area contributed by atoms with Gasteiger partial charge in [-0.3, -0.25) is 4.79 Å². The first-order chi connectivity index (χ1) is 11.0. The number of carboxylic acids is 1. The Labute approximate surface area is 138 Å². The summed E-state index contributed by atoms with van der Waals surface area (Å²) in [4.78, 5) is 23.4. The van der Waals surface area contributed by atoms with Gasteiger partial charge >= 0.3 is 5.97 Å². The van der Waals surface area contributed by atoms with Gasteiger partial charge in [0.15, 0.2) is 0 Å². The third-order valence-corrected chi connectivity index (χ3v) is 3.29. The van der Waals surface area contributed by atoms with Crippen LogP contribution in [0.4, 0.5) is 5.69 Å². The summed E-state index contributed by atoms with van der Waals surface area (Å²) in [5.41, 5.74) is 0.801. The number of benzene rings is 2. The van der Waals surface area contributed by atoms with Crippen molar-refractivity contribution in [1.29, 1.82) is 0 Å². The van der Waals surface area contributed by atoms with Crippen molar-refractivity contribution in [3.63, 3.8) is 0 Å². The molecule has 120 valence electrons. The molecule has 2 N–H and O–H groups in total. The van der Waals surface area contributed by atoms with Gasteiger partial charge in [0.05, 0.1) is 17.9 Å². The normalized spacial score (nSPS) is 10.2. The Hall–Kier alpha value is -2.53. The van der Waals surface area contributed by atoms with Gasteiger partial charge in [-0.1, -0.05) is 18.5 Å². The topological polar surface area (TPSA) is 75.6 Å². The van der Waals surface area contributed by atoms with Crippen LogP contribution in [0.5, 0.6) is 5.75 Å². The summed E-state index contributed by atoms with van der Waals surface area (Å²) in [5.74, 6) is -1.02. The third kappa shape index (κ3) is 4.47. The van der Waals surface area contributed by atoms with Crippen molar-refractivity contribution < 1.29 is 19.4 Å². The van der Waals surface area contributed by atoms with Crippen molar-refractivity contribution in [3.8, 4) is 5.75 Å². The van der Waals surface area contributed by atoms with Crippen LogP contribution in [0.15, 0.2) is 42.5 Å². The molecule has 0 heterocycles. The molecule has 0 aromatic heterocycles. The van der Waals surface area contributed by atoms with Gasteiger partial charge in [0.1, 0.15) is 5.75 Å². The molecule has 2 aromatic rings. The minimum atomic E-state index is -1.07. The summed E-state index contributed by atoms with van der Waals surface area (Å²) in [6.45, 7) is 2.42. The highest BCUT2D eigenvalue weighted by Gasteiger charge is 2.13. The zero-order chi connectivity index (χ0) is 16.8. The first-order valence-electron chi connectivity index (χ1n) is 7.08. The SMILES string of the molecule is CCCOc1ccc(C(=O)O)cc1NC(=O)c1ccc(Cl)cc1. The fraction of sp³-hybridized carbons (Fsp3) is 0.176. The summed E-state index contributed by atoms with van der Waals surface area (Å²) >= 11 is 5.80. The van der Waals surface area contributed by atoms with E-state index in [1.54, 1.807) is 24.3 Å². The van der Waals surface area contributed by atoms with E-state index >= 15 is 0 Å². The van der Waals surface area contributed by atoms with Crippen LogP contribution >= 0.6 is 11.6 Å². The van der Waals surface area contributed by atoms with E-state index in [2.05, 4.69) is 5.32 Å². The summed E-state index contributed by atoms with van der Waals surface area (Å²) < 4.78 is 5.55. The van der Waals surface area contributed by atoms with Gasteiger partial charge in [-0.25, -0.2) is 4.79 Å². The Balaban J connectivity index is 2.27. The van der Waals surface area contributed by atoms with E-state index in [9.17, 15) is 9.59 Å². The summed E-state index contributed by atoms with van der Waals surface area (Å²) in [5, 5.41) is 12.3. The second kappa shape index (κ2) is 7.65. The first kappa shape index (κ1) is 16.8. The highest BCUT2D eigenvalue weighted by Crippen LogP contribution is 2.27. The lowest BCUT2D eigenvalue weighted by atomic mass is 10.1. The predicted octanol–water partition coefficient (Wildman–Crippen LogP) is 4.08. The number of nitrogens with one attached hydrogen (secondary N) is 1. The molecule has 0 atom stereocenters. The molecule has 2 rings (SSSR count). The average molecular weight is 334 g/mol. The number of aromatic carboxylic acids is 1. The van der Waals surface area contributed by atoms with Crippen LogP contribution in [-0.4, -0.2) is 23.6 Å². The molecule has 0 aliphatic heterocycles. The van der Waals surface area contributed by atoms with Crippen molar-refractivity contribution in [2.45, 2.75) is 13.3 Å². The summed E-state index contributed by atoms with van der Waals surface area (Å²) in [6.07, 6.45) is 0.797. The Morgan fingerprint density at radius 1 is 1.13 bits per heavy atom. The Kier molecular flexibility index (Phi) is 5.60. The van der Waals surface area contributed by atoms with Gasteiger partial charge in [0, 0.05) is 10.6 Å². The van der Waals surface area contributed by atoms with Crippen molar-refractivity contribution in [2.75, 3.05) is 11.9 Å². The van der Waals surface area contributed by atoms with Gasteiger partial charge < -0.3 is 15.2 Å². The number of carbonyl (C=O) groups is 2. The second-order valence-electron chi connectivity index (χ2n) is 4.83. The van der Waals surface area contributed by atoms with Crippen LogP contribution in [0.2, 0.25) is 5.02 Å². The third-order valence-electron chi connectivity index (χ3n) is 3.04. The average Bonchev–Trinajstić information content (AvgIpc) is 2.54. The number of halogens is 1. The van der Waals surface area contributed by atoms with Gasteiger partial charge in [0.2, 0.25) is 0 Å². The highest BCUT2D eigenvalue weighted by molar-refractivity contribution is 6.30. The molecule has 0 spiro atoms. The molecule has 23 heavy (non-hydrogen) atoms. The maximum Gasteiger partial charge on any atom is 0.335 e. The van der Waals surface area contributed by atoms with E-state index in [4.69, 9.17) is 21.4 Å². The summed E-state index contributed by atoms with van der Waals surface area (Å²) in [6, 6.07) is 10.7. The highest BCUT2D eigenvalue weighted by atomic mass is 35.5. The molecule has 5 nitrogen and oxygen atoms in total. The molecular weight excluding hydrogens is 318 g/mol. The van der Waals surface area contributed by atoms with E-state index in [1.807, 2.05) is 6.92 Å². The van der Waals surface area contributed by atoms with E-state index in [1.165, 1.54) is 18.2 Å². The van der Waals surface area contributed by atoms with Crippen LogP contribution < -0.4 is 10.1 Å². The first-order valence-corrected chi connectivity index (χ1v) is 7.46. The lowest BCUT2D eigenvalue weighted by molar-refractivity contribution is 0.0696. The number of carboxylic acid groups (broad SMARTS) is 1. The van der Waals surface area contributed by atoms with E-state index in [0.717, 1.165) is 6.42 Å². The standard InChI is InChI=1S/C17H16ClNO4/c1-2-9-23-15-8-5-12(17(21)22)10-14(15)19-16(20)11-3-6-13(18)7-4-11/h3-8,10H,2,9H2,1H3,(H,19,20)(H,21,22). The molecule has 1 amide bonds. The molecule has 6 heteroatoms. The zero-order valence-corrected chi connectivity index (χ0v) is 13.3. The number of rotatable bonds is 6. The smallest absolute Gasteiger partial charge is 0.335 e. The van der Waals surface area contributed by atoms with E-state index < -0.39 is 5.97 Å². The minimum absolute atomic E-state index is 0.0697. The maximum atomic E-state index is 12.3. The molecule has 2 aromatic carbocycles. The van der Waals surface area contributed by atoms with Gasteiger partial charge in [-0.05, 0) is 48.9 Å². The van der Waals surface area contributed by atoms with Crippen molar-refractivity contribution in [3.05, 3.63) is 58.6 Å². The molecule has 0 unspecified atom stereocenters. The molecule has 0 saturated carbocycles. The van der Waals surface area contributed by atoms with Gasteiger partial charge in [0.25, 0.3) is 5.91 Å². The van der Waals surface area contributed by atoms with Crippen LogP contribution in [0.1, 0.15) is 34.1 Å². The van der Waals surface area contributed by atoms with Crippen LogP contribution in [0.3, 0.4) is 0 Å². The van der Waals surface area contributed by atoms with E-state index in [-0.39, 0.29) is 11.5 Å². The second-order valence-corrected chi connectivity index (χ2v) is 5.26. The Bertz CT molecular complexity index is 713. The molecule has 0 bridgehead atoms. The fourth-order valence-corrected chi connectivity index (χ4v) is 2.02. The minimum Gasteiger partial charge on any atom is -0.491 e. The largest absolute Gasteiger partial charge is 0.491 e. The molecule has 0 saturated heterocycles. The number of ether oxygens (including phenoxy) is 1. The lowest BCUT2D eigenvalue weighted by Gasteiger charge is -2.13. The maximum absolute atomic E-state index is 12.3. The Morgan fingerprint density at radius 3 is 2.39 bits per heavy atom. The quantitative estimate of drug-likeness (QED) is 0.835. The van der Waals surface area contributed by atoms with Gasteiger partial charge in [-0.15, -0.1) is 0 Å².